The van der Waals surface area contributed by atoms with Gasteiger partial charge in [-0.2, -0.15) is 8.42 Å². The fourth-order valence-electron chi connectivity index (χ4n) is 1.11. The number of hydrogen-bond acceptors (Lipinski definition) is 3. The van der Waals surface area contributed by atoms with Gasteiger partial charge in [0.2, 0.25) is 0 Å². The molecule has 0 fully saturated rings. The molecule has 0 amide bonds. The highest BCUT2D eigenvalue weighted by Gasteiger charge is 2.16. The number of halogens is 1. The van der Waals surface area contributed by atoms with Crippen LogP contribution in [0.5, 0.6) is 0 Å². The SMILES string of the molecule is Cc1cc(C)c(S(=O)(=O)F)cc1N. The largest absolute Gasteiger partial charge is 0.398 e. The van der Waals surface area contributed by atoms with Crippen LogP contribution in [0, 0.1) is 13.8 Å². The van der Waals surface area contributed by atoms with Crippen molar-refractivity contribution in [2.75, 3.05) is 5.73 Å². The minimum atomic E-state index is -4.65. The molecule has 0 unspecified atom stereocenters. The molecule has 1 rings (SSSR count). The van der Waals surface area contributed by atoms with E-state index in [1.165, 1.54) is 6.92 Å². The molecule has 1 aromatic rings. The third-order valence-corrected chi connectivity index (χ3v) is 2.79. The Labute approximate surface area is 76.6 Å². The van der Waals surface area contributed by atoms with Gasteiger partial charge in [-0.15, -0.1) is 3.89 Å². The number of nitrogen functional groups attached to an aromatic ring is 1. The number of hydrogen-bond donors (Lipinski definition) is 1. The van der Waals surface area contributed by atoms with Crippen molar-refractivity contribution in [2.45, 2.75) is 18.7 Å². The molecule has 0 saturated heterocycles. The summed E-state index contributed by atoms with van der Waals surface area (Å²) in [6.07, 6.45) is 0. The van der Waals surface area contributed by atoms with Gasteiger partial charge in [0.15, 0.2) is 0 Å². The summed E-state index contributed by atoms with van der Waals surface area (Å²) in [5.74, 6) is 0. The highest BCUT2D eigenvalue weighted by molar-refractivity contribution is 7.86. The average Bonchev–Trinajstić information content (AvgIpc) is 1.94. The number of nitrogens with two attached hydrogens (primary N) is 1. The number of aryl methyl sites for hydroxylation is 2. The van der Waals surface area contributed by atoms with E-state index in [-0.39, 0.29) is 10.6 Å². The minimum Gasteiger partial charge on any atom is -0.398 e. The van der Waals surface area contributed by atoms with E-state index in [0.717, 1.165) is 11.6 Å². The van der Waals surface area contributed by atoms with Gasteiger partial charge in [0, 0.05) is 5.69 Å². The van der Waals surface area contributed by atoms with Crippen LogP contribution in [0.25, 0.3) is 0 Å². The van der Waals surface area contributed by atoms with Crippen LogP contribution in [0.4, 0.5) is 9.57 Å². The summed E-state index contributed by atoms with van der Waals surface area (Å²) in [7, 11) is -4.65. The molecule has 0 aliphatic carbocycles. The van der Waals surface area contributed by atoms with Gasteiger partial charge < -0.3 is 5.73 Å². The lowest BCUT2D eigenvalue weighted by molar-refractivity contribution is 0.551. The van der Waals surface area contributed by atoms with Gasteiger partial charge in [0.25, 0.3) is 0 Å². The van der Waals surface area contributed by atoms with Crippen LogP contribution >= 0.6 is 0 Å². The predicted molar refractivity (Wildman–Crippen MR) is 48.6 cm³/mol. The van der Waals surface area contributed by atoms with E-state index in [1.807, 2.05) is 0 Å². The van der Waals surface area contributed by atoms with E-state index in [9.17, 15) is 12.3 Å². The maximum absolute atomic E-state index is 12.6. The third kappa shape index (κ3) is 1.98. The van der Waals surface area contributed by atoms with Crippen LogP contribution in [-0.4, -0.2) is 8.42 Å². The van der Waals surface area contributed by atoms with Gasteiger partial charge in [-0.1, -0.05) is 6.07 Å². The summed E-state index contributed by atoms with van der Waals surface area (Å²) in [5, 5.41) is 0. The first kappa shape index (κ1) is 9.98. The maximum atomic E-state index is 12.6. The highest BCUT2D eigenvalue weighted by Crippen LogP contribution is 2.23. The van der Waals surface area contributed by atoms with Gasteiger partial charge in [-0.25, -0.2) is 0 Å². The van der Waals surface area contributed by atoms with Crippen molar-refractivity contribution in [3.8, 4) is 0 Å². The second kappa shape index (κ2) is 2.99. The summed E-state index contributed by atoms with van der Waals surface area (Å²) in [4.78, 5) is -0.351. The topological polar surface area (TPSA) is 60.2 Å². The van der Waals surface area contributed by atoms with Gasteiger partial charge >= 0.3 is 10.2 Å². The summed E-state index contributed by atoms with van der Waals surface area (Å²) in [5.41, 5.74) is 6.84. The van der Waals surface area contributed by atoms with E-state index in [1.54, 1.807) is 13.0 Å². The smallest absolute Gasteiger partial charge is 0.332 e. The van der Waals surface area contributed by atoms with E-state index in [4.69, 9.17) is 5.73 Å². The Kier molecular flexibility index (Phi) is 2.30. The Balaban J connectivity index is 3.50. The molecular formula is C8H10FNO2S. The molecule has 5 heteroatoms. The number of rotatable bonds is 1. The van der Waals surface area contributed by atoms with Crippen LogP contribution in [0.15, 0.2) is 17.0 Å². The fraction of sp³-hybridized carbons (Fsp3) is 0.250. The lowest BCUT2D eigenvalue weighted by Crippen LogP contribution is -1.99. The van der Waals surface area contributed by atoms with Crippen LogP contribution in [0.3, 0.4) is 0 Å². The zero-order chi connectivity index (χ0) is 10.2. The van der Waals surface area contributed by atoms with E-state index in [2.05, 4.69) is 0 Å². The average molecular weight is 203 g/mol. The molecule has 13 heavy (non-hydrogen) atoms. The lowest BCUT2D eigenvalue weighted by atomic mass is 10.1. The summed E-state index contributed by atoms with van der Waals surface area (Å²) >= 11 is 0. The van der Waals surface area contributed by atoms with Crippen LogP contribution in [-0.2, 0) is 10.2 Å². The minimum absolute atomic E-state index is 0.279. The third-order valence-electron chi connectivity index (χ3n) is 1.83. The molecule has 0 aromatic heterocycles. The first-order chi connectivity index (χ1) is 5.82. The molecule has 0 heterocycles. The first-order valence-electron chi connectivity index (χ1n) is 3.64. The maximum Gasteiger partial charge on any atom is 0.332 e. The summed E-state index contributed by atoms with van der Waals surface area (Å²) in [6, 6.07) is 2.68. The Bertz CT molecular complexity index is 440. The van der Waals surface area contributed by atoms with Gasteiger partial charge in [-0.3, -0.25) is 0 Å². The van der Waals surface area contributed by atoms with Crippen molar-refractivity contribution in [1.82, 2.24) is 0 Å². The van der Waals surface area contributed by atoms with Crippen LogP contribution in [0.2, 0.25) is 0 Å². The van der Waals surface area contributed by atoms with Crippen LogP contribution < -0.4 is 5.73 Å². The van der Waals surface area contributed by atoms with E-state index < -0.39 is 10.2 Å². The number of benzene rings is 1. The Hall–Kier alpha value is -1.10. The molecule has 0 radical (unpaired) electrons. The lowest BCUT2D eigenvalue weighted by Gasteiger charge is -2.05. The van der Waals surface area contributed by atoms with Gasteiger partial charge in [0.1, 0.15) is 4.90 Å². The number of anilines is 1. The second-order valence-electron chi connectivity index (χ2n) is 2.91. The Morgan fingerprint density at radius 3 is 2.23 bits per heavy atom. The van der Waals surface area contributed by atoms with E-state index in [0.29, 0.717) is 5.56 Å². The predicted octanol–water partition coefficient (Wildman–Crippen LogP) is 1.54. The molecule has 0 saturated carbocycles. The van der Waals surface area contributed by atoms with Crippen LogP contribution in [0.1, 0.15) is 11.1 Å². The normalized spacial score (nSPS) is 11.6. The zero-order valence-electron chi connectivity index (χ0n) is 7.33. The molecule has 72 valence electrons. The summed E-state index contributed by atoms with van der Waals surface area (Å²) in [6.45, 7) is 3.26. The Morgan fingerprint density at radius 2 is 1.77 bits per heavy atom. The molecule has 0 aliphatic rings. The van der Waals surface area contributed by atoms with Gasteiger partial charge in [-0.05, 0) is 31.0 Å². The zero-order valence-corrected chi connectivity index (χ0v) is 8.15. The monoisotopic (exact) mass is 203 g/mol. The van der Waals surface area contributed by atoms with Crippen molar-refractivity contribution >= 4 is 15.9 Å². The van der Waals surface area contributed by atoms with Crippen molar-refractivity contribution in [2.24, 2.45) is 0 Å². The molecule has 0 bridgehead atoms. The van der Waals surface area contributed by atoms with Crippen molar-refractivity contribution in [1.29, 1.82) is 0 Å². The molecular weight excluding hydrogens is 193 g/mol. The standard InChI is InChI=1S/C8H10FNO2S/c1-5-3-6(2)8(4-7(5)10)13(9,11)12/h3-4H,10H2,1-2H3. The molecule has 2 N–H and O–H groups in total. The van der Waals surface area contributed by atoms with E-state index >= 15 is 0 Å². The molecule has 0 aliphatic heterocycles. The molecule has 0 spiro atoms. The first-order valence-corrected chi connectivity index (χ1v) is 5.02. The summed E-state index contributed by atoms with van der Waals surface area (Å²) < 4.78 is 33.8. The van der Waals surface area contributed by atoms with Crippen molar-refractivity contribution < 1.29 is 12.3 Å². The molecule has 3 nitrogen and oxygen atoms in total. The second-order valence-corrected chi connectivity index (χ2v) is 4.23. The quantitative estimate of drug-likeness (QED) is 0.556. The van der Waals surface area contributed by atoms with Gasteiger partial charge in [0.05, 0.1) is 0 Å². The van der Waals surface area contributed by atoms with Crippen molar-refractivity contribution in [3.05, 3.63) is 23.3 Å². The highest BCUT2D eigenvalue weighted by atomic mass is 32.3. The van der Waals surface area contributed by atoms with Crippen molar-refractivity contribution in [3.63, 3.8) is 0 Å². The molecule has 1 aromatic carbocycles. The fourth-order valence-corrected chi connectivity index (χ4v) is 1.82. The Morgan fingerprint density at radius 1 is 1.23 bits per heavy atom. The molecule has 0 atom stereocenters.